The molecule has 0 saturated heterocycles. The van der Waals surface area contributed by atoms with Crippen LogP contribution in [0.4, 0.5) is 5.13 Å². The molecule has 0 bridgehead atoms. The summed E-state index contributed by atoms with van der Waals surface area (Å²) in [5.74, 6) is -0.674. The molecule has 1 rings (SSSR count). The molecule has 1 aromatic heterocycles. The summed E-state index contributed by atoms with van der Waals surface area (Å²) in [7, 11) is -1.64. The Balaban J connectivity index is 2.80. The zero-order chi connectivity index (χ0) is 10.7. The third-order valence-electron chi connectivity index (χ3n) is 1.20. The number of anilines is 1. The fourth-order valence-electron chi connectivity index (χ4n) is 0.657. The van der Waals surface area contributed by atoms with Crippen LogP contribution in [0.2, 0.25) is 0 Å². The predicted molar refractivity (Wildman–Crippen MR) is 50.4 cm³/mol. The van der Waals surface area contributed by atoms with Crippen molar-refractivity contribution in [3.8, 4) is 0 Å². The van der Waals surface area contributed by atoms with Crippen LogP contribution in [0.3, 0.4) is 0 Å². The summed E-state index contributed by atoms with van der Waals surface area (Å²) in [6.07, 6.45) is 0. The minimum absolute atomic E-state index is 0.0709. The highest BCUT2D eigenvalue weighted by molar-refractivity contribution is 7.67. The van der Waals surface area contributed by atoms with Crippen LogP contribution in [-0.4, -0.2) is 26.4 Å². The largest absolute Gasteiger partial charge is 0.364 e. The van der Waals surface area contributed by atoms with Crippen molar-refractivity contribution in [1.82, 2.24) is 4.98 Å². The van der Waals surface area contributed by atoms with Gasteiger partial charge in [-0.2, -0.15) is 0 Å². The standard InChI is InChI=1S/C5H7N3O4S2/c1-8(12-14(10)11)5-7-3(2-13-5)4(6)9/h2,14H,1H3,(H2,6,9). The number of hydrogen-bond donors (Lipinski definition) is 2. The molecule has 1 aromatic rings. The van der Waals surface area contributed by atoms with E-state index in [9.17, 15) is 13.2 Å². The molecule has 2 N–H and O–H groups in total. The van der Waals surface area contributed by atoms with Crippen LogP contribution in [0, 0.1) is 0 Å². The van der Waals surface area contributed by atoms with Gasteiger partial charge in [-0.25, -0.2) is 18.5 Å². The van der Waals surface area contributed by atoms with Gasteiger partial charge < -0.3 is 5.73 Å². The molecule has 0 spiro atoms. The van der Waals surface area contributed by atoms with Gasteiger partial charge in [-0.15, -0.1) is 15.6 Å². The first-order chi connectivity index (χ1) is 6.50. The lowest BCUT2D eigenvalue weighted by atomic mass is 10.5. The van der Waals surface area contributed by atoms with E-state index in [0.717, 1.165) is 16.4 Å². The Morgan fingerprint density at radius 1 is 1.71 bits per heavy atom. The van der Waals surface area contributed by atoms with Crippen molar-refractivity contribution >= 4 is 33.4 Å². The van der Waals surface area contributed by atoms with E-state index in [1.54, 1.807) is 0 Å². The molecular formula is C5H7N3O4S2. The van der Waals surface area contributed by atoms with Gasteiger partial charge in [0.1, 0.15) is 5.69 Å². The predicted octanol–water partition coefficient (Wildman–Crippen LogP) is -0.864. The average Bonchev–Trinajstić information content (AvgIpc) is 2.50. The van der Waals surface area contributed by atoms with E-state index >= 15 is 0 Å². The fourth-order valence-corrected chi connectivity index (χ4v) is 1.71. The van der Waals surface area contributed by atoms with Gasteiger partial charge in [0.15, 0.2) is 0 Å². The van der Waals surface area contributed by atoms with Gasteiger partial charge in [0.2, 0.25) is 5.13 Å². The first-order valence-electron chi connectivity index (χ1n) is 3.32. The van der Waals surface area contributed by atoms with E-state index in [-0.39, 0.29) is 10.8 Å². The highest BCUT2D eigenvalue weighted by Crippen LogP contribution is 2.18. The van der Waals surface area contributed by atoms with Gasteiger partial charge >= 0.3 is 0 Å². The molecule has 1 amide bonds. The lowest BCUT2D eigenvalue weighted by Gasteiger charge is -2.08. The quantitative estimate of drug-likeness (QED) is 0.521. The van der Waals surface area contributed by atoms with Crippen LogP contribution in [0.15, 0.2) is 5.38 Å². The zero-order valence-electron chi connectivity index (χ0n) is 7.04. The number of amides is 1. The summed E-state index contributed by atoms with van der Waals surface area (Å²) in [5.41, 5.74) is 5.03. The maximum atomic E-state index is 10.6. The first kappa shape index (κ1) is 10.9. The molecule has 0 aliphatic heterocycles. The Hall–Kier alpha value is -1.19. The number of nitrogens with zero attached hydrogens (tertiary/aromatic N) is 2. The van der Waals surface area contributed by atoms with Crippen LogP contribution in [-0.2, 0) is 15.3 Å². The Bertz CT molecular complexity index is 405. The maximum absolute atomic E-state index is 10.6. The van der Waals surface area contributed by atoms with Crippen molar-refractivity contribution in [2.24, 2.45) is 5.73 Å². The van der Waals surface area contributed by atoms with E-state index in [1.165, 1.54) is 12.4 Å². The molecule has 0 unspecified atom stereocenters. The molecule has 7 nitrogen and oxygen atoms in total. The molecule has 0 atom stereocenters. The molecule has 1 heterocycles. The lowest BCUT2D eigenvalue weighted by Crippen LogP contribution is -2.17. The molecule has 14 heavy (non-hydrogen) atoms. The second-order valence-electron chi connectivity index (χ2n) is 2.18. The van der Waals surface area contributed by atoms with Crippen LogP contribution >= 0.6 is 11.3 Å². The summed E-state index contributed by atoms with van der Waals surface area (Å²) < 4.78 is 24.7. The molecule has 9 heteroatoms. The van der Waals surface area contributed by atoms with E-state index < -0.39 is 16.9 Å². The number of hydrogen-bond acceptors (Lipinski definition) is 7. The monoisotopic (exact) mass is 237 g/mol. The molecule has 0 aromatic carbocycles. The van der Waals surface area contributed by atoms with Gasteiger partial charge in [-0.1, -0.05) is 0 Å². The van der Waals surface area contributed by atoms with Gasteiger partial charge in [0.25, 0.3) is 16.9 Å². The average molecular weight is 237 g/mol. The van der Waals surface area contributed by atoms with Crippen molar-refractivity contribution in [1.29, 1.82) is 0 Å². The maximum Gasteiger partial charge on any atom is 0.278 e. The van der Waals surface area contributed by atoms with Crippen molar-refractivity contribution in [3.63, 3.8) is 0 Å². The molecule has 0 fully saturated rings. The summed E-state index contributed by atoms with van der Waals surface area (Å²) in [5, 5.41) is 2.58. The fraction of sp³-hybridized carbons (Fsp3) is 0.200. The normalized spacial score (nSPS) is 10.4. The van der Waals surface area contributed by atoms with E-state index in [0.29, 0.717) is 0 Å². The SMILES string of the molecule is CN(O[SH](=O)=O)c1nc(C(N)=O)cs1. The van der Waals surface area contributed by atoms with Gasteiger partial charge in [0.05, 0.1) is 0 Å². The minimum Gasteiger partial charge on any atom is -0.364 e. The number of thiol groups is 1. The molecule has 0 saturated carbocycles. The third kappa shape index (κ3) is 2.65. The van der Waals surface area contributed by atoms with E-state index in [1.807, 2.05) is 0 Å². The van der Waals surface area contributed by atoms with Crippen molar-refractivity contribution < 1.29 is 17.5 Å². The van der Waals surface area contributed by atoms with Crippen LogP contribution in [0.5, 0.6) is 0 Å². The van der Waals surface area contributed by atoms with Gasteiger partial charge in [-0.05, 0) is 0 Å². The number of aromatic nitrogens is 1. The Morgan fingerprint density at radius 3 is 2.79 bits per heavy atom. The highest BCUT2D eigenvalue weighted by Gasteiger charge is 2.11. The number of hydroxylamine groups is 1. The Morgan fingerprint density at radius 2 is 2.36 bits per heavy atom. The van der Waals surface area contributed by atoms with Gasteiger partial charge in [0, 0.05) is 12.4 Å². The number of carbonyl (C=O) groups is 1. The smallest absolute Gasteiger partial charge is 0.278 e. The molecule has 0 aliphatic rings. The second-order valence-corrected chi connectivity index (χ2v) is 3.63. The second kappa shape index (κ2) is 4.35. The van der Waals surface area contributed by atoms with Crippen molar-refractivity contribution in [2.75, 3.05) is 12.1 Å². The summed E-state index contributed by atoms with van der Waals surface area (Å²) in [6, 6.07) is 0. The third-order valence-corrected chi connectivity index (χ3v) is 2.48. The zero-order valence-corrected chi connectivity index (χ0v) is 8.75. The number of thiazole rings is 1. The Labute approximate surface area is 85.2 Å². The van der Waals surface area contributed by atoms with Crippen molar-refractivity contribution in [3.05, 3.63) is 11.1 Å². The topological polar surface area (TPSA) is 103 Å². The first-order valence-corrected chi connectivity index (χ1v) is 5.29. The minimum atomic E-state index is -2.99. The van der Waals surface area contributed by atoms with E-state index in [4.69, 9.17) is 5.73 Å². The highest BCUT2D eigenvalue weighted by atomic mass is 32.2. The number of primary amides is 1. The molecule has 0 aliphatic carbocycles. The van der Waals surface area contributed by atoms with E-state index in [2.05, 4.69) is 9.27 Å². The van der Waals surface area contributed by atoms with Crippen molar-refractivity contribution in [2.45, 2.75) is 0 Å². The molecular weight excluding hydrogens is 230 g/mol. The summed E-state index contributed by atoms with van der Waals surface area (Å²) in [6.45, 7) is 0. The number of rotatable bonds is 4. The van der Waals surface area contributed by atoms with Crippen LogP contribution < -0.4 is 10.8 Å². The molecule has 0 radical (unpaired) electrons. The van der Waals surface area contributed by atoms with Crippen LogP contribution in [0.1, 0.15) is 10.5 Å². The molecule has 78 valence electrons. The van der Waals surface area contributed by atoms with Gasteiger partial charge in [-0.3, -0.25) is 4.79 Å². The Kier molecular flexibility index (Phi) is 3.38. The lowest BCUT2D eigenvalue weighted by molar-refractivity contribution is 0.0996. The number of nitrogens with two attached hydrogens (primary N) is 1. The van der Waals surface area contributed by atoms with Crippen LogP contribution in [0.25, 0.3) is 0 Å². The summed E-state index contributed by atoms with van der Waals surface area (Å²) >= 11 is 1.05. The number of carbonyl (C=O) groups excluding carboxylic acids is 1. The summed E-state index contributed by atoms with van der Waals surface area (Å²) in [4.78, 5) is 14.4.